The van der Waals surface area contributed by atoms with Gasteiger partial charge in [-0.25, -0.2) is 4.79 Å². The normalized spacial score (nSPS) is 14.8. The minimum absolute atomic E-state index is 0.143. The molecule has 1 atom stereocenters. The van der Waals surface area contributed by atoms with Gasteiger partial charge in [0.2, 0.25) is 0 Å². The van der Waals surface area contributed by atoms with Gasteiger partial charge in [-0.3, -0.25) is 11.3 Å². The van der Waals surface area contributed by atoms with Crippen molar-refractivity contribution in [1.82, 2.24) is 10.7 Å². The lowest BCUT2D eigenvalue weighted by molar-refractivity contribution is -0.162. The van der Waals surface area contributed by atoms with E-state index in [1.165, 1.54) is 0 Å². The van der Waals surface area contributed by atoms with Gasteiger partial charge < -0.3 is 24.6 Å². The molecule has 0 saturated heterocycles. The number of carbonyl (C=O) groups is 1. The zero-order valence-corrected chi connectivity index (χ0v) is 23.2. The van der Waals surface area contributed by atoms with E-state index in [1.54, 1.807) is 0 Å². The van der Waals surface area contributed by atoms with E-state index in [2.05, 4.69) is 73.1 Å². The maximum Gasteiger partial charge on any atom is 0.407 e. The molecule has 33 heavy (non-hydrogen) atoms. The van der Waals surface area contributed by atoms with Crippen molar-refractivity contribution in [2.24, 2.45) is 22.6 Å². The number of ether oxygens (including phenoxy) is 3. The third-order valence-electron chi connectivity index (χ3n) is 7.92. The van der Waals surface area contributed by atoms with Crippen molar-refractivity contribution in [3.05, 3.63) is 0 Å². The molecule has 198 valence electrons. The van der Waals surface area contributed by atoms with Crippen LogP contribution in [0.4, 0.5) is 4.79 Å². The lowest BCUT2D eigenvalue weighted by Crippen LogP contribution is -2.49. The second-order valence-corrected chi connectivity index (χ2v) is 11.9. The van der Waals surface area contributed by atoms with Crippen LogP contribution in [0.1, 0.15) is 89.0 Å². The van der Waals surface area contributed by atoms with Crippen LogP contribution in [-0.2, 0) is 14.2 Å². The molecule has 8 nitrogen and oxygen atoms in total. The van der Waals surface area contributed by atoms with Crippen LogP contribution in [0.2, 0.25) is 0 Å². The third-order valence-corrected chi connectivity index (χ3v) is 7.92. The second kappa shape index (κ2) is 12.7. The Morgan fingerprint density at radius 2 is 1.48 bits per heavy atom. The zero-order chi connectivity index (χ0) is 26.1. The summed E-state index contributed by atoms with van der Waals surface area (Å²) in [6, 6.07) is 0. The van der Waals surface area contributed by atoms with Crippen molar-refractivity contribution >= 4 is 6.09 Å². The first-order valence-corrected chi connectivity index (χ1v) is 12.1. The molecule has 0 fully saturated rings. The Labute approximate surface area is 202 Å². The van der Waals surface area contributed by atoms with Crippen LogP contribution in [-0.4, -0.2) is 60.9 Å². The molecule has 0 aromatic carbocycles. The van der Waals surface area contributed by atoms with E-state index in [0.717, 1.165) is 0 Å². The summed E-state index contributed by atoms with van der Waals surface area (Å²) in [6.07, 6.45) is 0.793. The highest BCUT2D eigenvalue weighted by molar-refractivity contribution is 5.67. The van der Waals surface area contributed by atoms with E-state index in [1.807, 2.05) is 13.8 Å². The van der Waals surface area contributed by atoms with Crippen LogP contribution >= 0.6 is 0 Å². The van der Waals surface area contributed by atoms with Crippen LogP contribution in [0.15, 0.2) is 0 Å². The Bertz CT molecular complexity index is 589. The molecule has 0 aliphatic carbocycles. The number of rotatable bonds is 16. The fourth-order valence-electron chi connectivity index (χ4n) is 3.22. The van der Waals surface area contributed by atoms with Gasteiger partial charge >= 0.3 is 6.09 Å². The molecule has 0 aliphatic heterocycles. The van der Waals surface area contributed by atoms with E-state index >= 15 is 0 Å². The summed E-state index contributed by atoms with van der Waals surface area (Å²) in [6.45, 7) is 25.1. The summed E-state index contributed by atoms with van der Waals surface area (Å²) in [5.41, 5.74) is 0.711. The Morgan fingerprint density at radius 3 is 2.00 bits per heavy atom. The van der Waals surface area contributed by atoms with Crippen LogP contribution in [0.3, 0.4) is 0 Å². The average Bonchev–Trinajstić information content (AvgIpc) is 2.65. The molecule has 0 aromatic heterocycles. The van der Waals surface area contributed by atoms with Crippen molar-refractivity contribution in [2.45, 2.75) is 106 Å². The summed E-state index contributed by atoms with van der Waals surface area (Å²) >= 11 is 0. The van der Waals surface area contributed by atoms with Crippen molar-refractivity contribution < 1.29 is 24.1 Å². The predicted octanol–water partition coefficient (Wildman–Crippen LogP) is 4.01. The first-order valence-electron chi connectivity index (χ1n) is 12.1. The number of nitrogens with one attached hydrogen (secondary N) is 2. The molecule has 8 heteroatoms. The Morgan fingerprint density at radius 1 is 0.909 bits per heavy atom. The topological polar surface area (TPSA) is 115 Å². The number of hydrazine groups is 1. The molecule has 0 radical (unpaired) electrons. The molecule has 0 spiro atoms. The summed E-state index contributed by atoms with van der Waals surface area (Å²) in [7, 11) is 0. The van der Waals surface area contributed by atoms with Crippen molar-refractivity contribution in [3.8, 4) is 0 Å². The van der Waals surface area contributed by atoms with Gasteiger partial charge in [-0.15, -0.1) is 0 Å². The van der Waals surface area contributed by atoms with E-state index in [0.29, 0.717) is 39.1 Å². The maximum absolute atomic E-state index is 11.9. The minimum Gasteiger partial charge on any atom is -0.443 e. The lowest BCUT2D eigenvalue weighted by atomic mass is 9.68. The average molecular weight is 476 g/mol. The fraction of sp³-hybridized carbons (Fsp3) is 0.960. The van der Waals surface area contributed by atoms with Gasteiger partial charge in [-0.1, -0.05) is 34.6 Å². The van der Waals surface area contributed by atoms with Gasteiger partial charge in [0.15, 0.2) is 0 Å². The smallest absolute Gasteiger partial charge is 0.407 e. The van der Waals surface area contributed by atoms with Crippen LogP contribution in [0.25, 0.3) is 0 Å². The summed E-state index contributed by atoms with van der Waals surface area (Å²) in [5.74, 6) is 5.43. The van der Waals surface area contributed by atoms with Gasteiger partial charge in [0, 0.05) is 26.1 Å². The number of hydrogen-bond acceptors (Lipinski definition) is 7. The number of nitrogens with two attached hydrogens (primary N) is 1. The summed E-state index contributed by atoms with van der Waals surface area (Å²) in [4.78, 5) is 11.9. The number of amides is 1. The number of carbonyl (C=O) groups excluding carboxylic acids is 1. The van der Waals surface area contributed by atoms with Crippen LogP contribution < -0.4 is 16.6 Å². The quantitative estimate of drug-likeness (QED) is 0.151. The van der Waals surface area contributed by atoms with E-state index in [4.69, 9.17) is 20.1 Å². The Kier molecular flexibility index (Phi) is 12.3. The lowest BCUT2D eigenvalue weighted by Gasteiger charge is -2.48. The molecule has 1 amide bonds. The first kappa shape index (κ1) is 32.1. The number of hydrogen-bond donors (Lipinski definition) is 4. The van der Waals surface area contributed by atoms with E-state index in [9.17, 15) is 9.90 Å². The predicted molar refractivity (Wildman–Crippen MR) is 134 cm³/mol. The van der Waals surface area contributed by atoms with E-state index in [-0.39, 0.29) is 29.0 Å². The van der Waals surface area contributed by atoms with Crippen molar-refractivity contribution in [2.75, 3.05) is 32.9 Å². The van der Waals surface area contributed by atoms with E-state index < -0.39 is 17.3 Å². The SMILES string of the molecule is CC(COC(C)(C)C(C)(C)CCO)C(C)(C)C(C)(C)OCCC(C)(C)OC(=O)NCCNN. The van der Waals surface area contributed by atoms with Crippen molar-refractivity contribution in [1.29, 1.82) is 0 Å². The van der Waals surface area contributed by atoms with Crippen molar-refractivity contribution in [3.63, 3.8) is 0 Å². The second-order valence-electron chi connectivity index (χ2n) is 11.9. The monoisotopic (exact) mass is 475 g/mol. The van der Waals surface area contributed by atoms with Crippen LogP contribution in [0.5, 0.6) is 0 Å². The fourth-order valence-corrected chi connectivity index (χ4v) is 3.22. The molecule has 0 rings (SSSR count). The number of aliphatic hydroxyl groups is 1. The minimum atomic E-state index is -0.655. The van der Waals surface area contributed by atoms with Gasteiger partial charge in [-0.2, -0.15) is 0 Å². The maximum atomic E-state index is 11.9. The zero-order valence-electron chi connectivity index (χ0n) is 23.2. The number of aliphatic hydroxyl groups excluding tert-OH is 1. The molecule has 1 unspecified atom stereocenters. The van der Waals surface area contributed by atoms with Gasteiger partial charge in [0.1, 0.15) is 5.60 Å². The van der Waals surface area contributed by atoms with Gasteiger partial charge in [0.25, 0.3) is 0 Å². The molecule has 0 bridgehead atoms. The van der Waals surface area contributed by atoms with Gasteiger partial charge in [-0.05, 0) is 64.7 Å². The summed E-state index contributed by atoms with van der Waals surface area (Å²) < 4.78 is 18.3. The molecule has 5 N–H and O–H groups in total. The molecular weight excluding hydrogens is 422 g/mol. The molecular formula is C25H53N3O5. The molecule has 0 aliphatic rings. The number of alkyl carbamates (subject to hydrolysis) is 1. The Hall–Kier alpha value is -0.930. The highest BCUT2D eigenvalue weighted by Gasteiger charge is 2.44. The van der Waals surface area contributed by atoms with Crippen LogP contribution in [0, 0.1) is 16.7 Å². The standard InChI is InChI=1S/C25H53N3O5/c1-19(18-32-24(8,9)21(2,3)12-16-29)23(6,7)25(10,11)31-17-13-22(4,5)33-20(30)27-14-15-28-26/h19,28-29H,12-18,26H2,1-11H3,(H,27,30). The third kappa shape index (κ3) is 10.1. The molecule has 0 saturated carbocycles. The largest absolute Gasteiger partial charge is 0.443 e. The molecule has 0 heterocycles. The Balaban J connectivity index is 4.86. The highest BCUT2D eigenvalue weighted by atomic mass is 16.6. The van der Waals surface area contributed by atoms with Gasteiger partial charge in [0.05, 0.1) is 24.4 Å². The first-order chi connectivity index (χ1) is 14.9. The summed E-state index contributed by atoms with van der Waals surface area (Å²) in [5, 5.41) is 12.1. The highest BCUT2D eigenvalue weighted by Crippen LogP contribution is 2.43. The molecule has 0 aromatic rings.